The Hall–Kier alpha value is -1.01. The number of esters is 1. The minimum absolute atomic E-state index is 0.0112. The lowest BCUT2D eigenvalue weighted by molar-refractivity contribution is -0.144. The Bertz CT molecular complexity index is 1040. The van der Waals surface area contributed by atoms with E-state index in [9.17, 15) is 25.2 Å². The van der Waals surface area contributed by atoms with Crippen LogP contribution in [0.1, 0.15) is 161 Å². The van der Waals surface area contributed by atoms with Gasteiger partial charge in [0.2, 0.25) is 0 Å². The zero-order chi connectivity index (χ0) is 46.7. The SMILES string of the molecule is CCCCCC(=O)OCCCC1CCC(O)C(OC)C1.COC1CC(CCCO)CCC1O.COC1CC(CCCOCCO)CCC1O.COCCCC1CCC(O)C(OC)C1. The summed E-state index contributed by atoms with van der Waals surface area (Å²) in [5, 5.41) is 55.8. The molecule has 12 unspecified atom stereocenters. The number of hydrogen-bond donors (Lipinski definition) is 6. The fourth-order valence-electron chi connectivity index (χ4n) is 9.53. The van der Waals surface area contributed by atoms with E-state index in [2.05, 4.69) is 6.92 Å². The van der Waals surface area contributed by atoms with Gasteiger partial charge in [-0.15, -0.1) is 0 Å². The molecule has 0 radical (unpaired) electrons. The largest absolute Gasteiger partial charge is 0.466 e. The molecular weight excluding hydrogens is 813 g/mol. The molecule has 4 aliphatic rings. The highest BCUT2D eigenvalue weighted by molar-refractivity contribution is 5.69. The van der Waals surface area contributed by atoms with Gasteiger partial charge in [0.15, 0.2) is 0 Å². The van der Waals surface area contributed by atoms with Crippen LogP contribution in [0, 0.1) is 23.7 Å². The summed E-state index contributed by atoms with van der Waals surface area (Å²) in [5.74, 6) is 2.50. The van der Waals surface area contributed by atoms with Crippen LogP contribution in [0.3, 0.4) is 0 Å². The van der Waals surface area contributed by atoms with Crippen LogP contribution >= 0.6 is 0 Å². The molecule has 0 spiro atoms. The molecule has 4 fully saturated rings. The number of carbonyl (C=O) groups excluding carboxylic acids is 1. The average Bonchev–Trinajstić information content (AvgIpc) is 3.29. The van der Waals surface area contributed by atoms with Gasteiger partial charge in [-0.3, -0.25) is 4.79 Å². The predicted molar refractivity (Wildman–Crippen MR) is 245 cm³/mol. The van der Waals surface area contributed by atoms with Gasteiger partial charge in [0.1, 0.15) is 0 Å². The average molecular weight is 909 g/mol. The molecule has 0 amide bonds. The van der Waals surface area contributed by atoms with Crippen LogP contribution in [0.5, 0.6) is 0 Å². The standard InChI is InChI=1S/C16H30O4.C12H24O4.C11H22O3.C10H20O3/c1-3-4-5-8-16(18)20-11-6-7-13-9-10-14(17)15(12-13)19-2;1-15-12-9-10(4-5-11(12)14)3-2-7-16-8-6-13;1-13-7-3-4-9-5-6-10(12)11(8-9)14-2;1-13-10-7-8(3-2-6-11)4-5-9(10)12/h13-15,17H,3-12H2,1-2H3;10-14H,2-9H2,1H3;9-12H,3-8H2,1-2H3;8-12H,2-7H2,1H3. The smallest absolute Gasteiger partial charge is 0.305 e. The van der Waals surface area contributed by atoms with Gasteiger partial charge in [-0.25, -0.2) is 0 Å². The maximum atomic E-state index is 11.4. The van der Waals surface area contributed by atoms with Crippen molar-refractivity contribution in [3.63, 3.8) is 0 Å². The third kappa shape index (κ3) is 28.0. The third-order valence-electron chi connectivity index (χ3n) is 13.5. The second-order valence-corrected chi connectivity index (χ2v) is 18.4. The van der Waals surface area contributed by atoms with Crippen molar-refractivity contribution < 1.29 is 68.6 Å². The van der Waals surface area contributed by atoms with Gasteiger partial charge in [0, 0.05) is 61.8 Å². The van der Waals surface area contributed by atoms with Crippen molar-refractivity contribution >= 4 is 5.97 Å². The van der Waals surface area contributed by atoms with Gasteiger partial charge in [-0.1, -0.05) is 19.8 Å². The maximum Gasteiger partial charge on any atom is 0.305 e. The fraction of sp³-hybridized carbons (Fsp3) is 0.980. The van der Waals surface area contributed by atoms with Crippen LogP contribution in [0.4, 0.5) is 0 Å². The lowest BCUT2D eigenvalue weighted by Crippen LogP contribution is -2.35. The molecule has 0 aromatic rings. The van der Waals surface area contributed by atoms with Crippen molar-refractivity contribution in [2.75, 3.05) is 75.2 Å². The number of aliphatic hydroxyl groups is 6. The molecule has 6 N–H and O–H groups in total. The van der Waals surface area contributed by atoms with Crippen LogP contribution in [0.2, 0.25) is 0 Å². The van der Waals surface area contributed by atoms with Crippen LogP contribution in [-0.4, -0.2) is 161 Å². The summed E-state index contributed by atoms with van der Waals surface area (Å²) in [6.45, 7) is 5.03. The maximum absolute atomic E-state index is 11.4. The van der Waals surface area contributed by atoms with E-state index in [1.807, 2.05) is 0 Å². The molecule has 14 nitrogen and oxygen atoms in total. The molecule has 0 aliphatic heterocycles. The van der Waals surface area contributed by atoms with E-state index in [0.29, 0.717) is 43.3 Å². The first-order valence-corrected chi connectivity index (χ1v) is 24.8. The number of carbonyl (C=O) groups is 1. The predicted octanol–water partition coefficient (Wildman–Crippen LogP) is 6.54. The van der Waals surface area contributed by atoms with Gasteiger partial charge >= 0.3 is 5.97 Å². The normalized spacial score (nSPS) is 30.7. The molecule has 4 saturated carbocycles. The summed E-state index contributed by atoms with van der Waals surface area (Å²) in [6, 6.07) is 0. The number of rotatable bonds is 25. The summed E-state index contributed by atoms with van der Waals surface area (Å²) >= 11 is 0. The van der Waals surface area contributed by atoms with Gasteiger partial charge in [-0.05, 0) is 159 Å². The third-order valence-corrected chi connectivity index (χ3v) is 13.5. The number of methoxy groups -OCH3 is 5. The number of unbranched alkanes of at least 4 members (excludes halogenated alkanes) is 2. The topological polar surface area (TPSA) is 203 Å². The summed E-state index contributed by atoms with van der Waals surface area (Å²) in [7, 11) is 8.41. The Kier molecular flexibility index (Phi) is 37.2. The second-order valence-electron chi connectivity index (χ2n) is 18.4. The number of ether oxygens (including phenoxy) is 7. The number of hydrogen-bond acceptors (Lipinski definition) is 14. The van der Waals surface area contributed by atoms with Crippen LogP contribution in [0.25, 0.3) is 0 Å². The van der Waals surface area contributed by atoms with Gasteiger partial charge in [0.05, 0.1) is 68.7 Å². The lowest BCUT2D eigenvalue weighted by atomic mass is 9.83. The first-order chi connectivity index (χ1) is 30.5. The molecule has 0 saturated heterocycles. The van der Waals surface area contributed by atoms with Crippen molar-refractivity contribution in [2.45, 2.75) is 210 Å². The highest BCUT2D eigenvalue weighted by Gasteiger charge is 2.31. The molecule has 0 heterocycles. The zero-order valence-corrected chi connectivity index (χ0v) is 40.6. The van der Waals surface area contributed by atoms with Crippen molar-refractivity contribution in [1.82, 2.24) is 0 Å². The Morgan fingerprint density at radius 3 is 1.19 bits per heavy atom. The highest BCUT2D eigenvalue weighted by atomic mass is 16.5. The highest BCUT2D eigenvalue weighted by Crippen LogP contribution is 2.32. The summed E-state index contributed by atoms with van der Waals surface area (Å²) < 4.78 is 36.5. The van der Waals surface area contributed by atoms with E-state index in [1.165, 1.54) is 6.42 Å². The van der Waals surface area contributed by atoms with Crippen molar-refractivity contribution in [3.8, 4) is 0 Å². The van der Waals surface area contributed by atoms with Crippen LogP contribution in [-0.2, 0) is 38.0 Å². The monoisotopic (exact) mass is 909 g/mol. The van der Waals surface area contributed by atoms with Crippen molar-refractivity contribution in [3.05, 3.63) is 0 Å². The van der Waals surface area contributed by atoms with Crippen LogP contribution in [0.15, 0.2) is 0 Å². The molecule has 4 aliphatic carbocycles. The Morgan fingerprint density at radius 1 is 0.460 bits per heavy atom. The van der Waals surface area contributed by atoms with Gasteiger partial charge in [0.25, 0.3) is 0 Å². The van der Waals surface area contributed by atoms with E-state index in [4.69, 9.17) is 43.4 Å². The number of aliphatic hydroxyl groups excluding tert-OH is 6. The minimum atomic E-state index is -0.312. The van der Waals surface area contributed by atoms with Gasteiger partial charge in [-0.2, -0.15) is 0 Å². The van der Waals surface area contributed by atoms with Crippen molar-refractivity contribution in [1.29, 1.82) is 0 Å². The molecule has 376 valence electrons. The molecule has 0 aromatic carbocycles. The fourth-order valence-corrected chi connectivity index (χ4v) is 9.53. The molecular formula is C49H96O14. The Balaban J connectivity index is 0.000000426. The molecule has 4 rings (SSSR count). The van der Waals surface area contributed by atoms with Crippen LogP contribution < -0.4 is 0 Å². The van der Waals surface area contributed by atoms with E-state index < -0.39 is 0 Å². The Morgan fingerprint density at radius 2 is 0.841 bits per heavy atom. The van der Waals surface area contributed by atoms with E-state index >= 15 is 0 Å². The van der Waals surface area contributed by atoms with Gasteiger partial charge < -0.3 is 63.8 Å². The lowest BCUT2D eigenvalue weighted by Gasteiger charge is -2.32. The first kappa shape index (κ1) is 60.0. The summed E-state index contributed by atoms with van der Waals surface area (Å²) in [6.07, 6.45) is 22.5. The molecule has 0 bridgehead atoms. The minimum Gasteiger partial charge on any atom is -0.466 e. The molecule has 0 aromatic heterocycles. The Labute approximate surface area is 382 Å². The quantitative estimate of drug-likeness (QED) is 0.0426. The summed E-state index contributed by atoms with van der Waals surface area (Å²) in [4.78, 5) is 11.4. The van der Waals surface area contributed by atoms with E-state index in [0.717, 1.165) is 154 Å². The first-order valence-electron chi connectivity index (χ1n) is 24.8. The zero-order valence-electron chi connectivity index (χ0n) is 40.6. The molecule has 14 heteroatoms. The van der Waals surface area contributed by atoms with E-state index in [1.54, 1.807) is 35.5 Å². The molecule has 12 atom stereocenters. The van der Waals surface area contributed by atoms with E-state index in [-0.39, 0.29) is 68.0 Å². The second kappa shape index (κ2) is 39.0. The molecule has 63 heavy (non-hydrogen) atoms. The summed E-state index contributed by atoms with van der Waals surface area (Å²) in [5.41, 5.74) is 0. The van der Waals surface area contributed by atoms with Crippen molar-refractivity contribution in [2.24, 2.45) is 23.7 Å².